The molecule has 0 N–H and O–H groups in total. The minimum absolute atomic E-state index is 0.0483. The second-order valence-electron chi connectivity index (χ2n) is 6.49. The van der Waals surface area contributed by atoms with Crippen molar-refractivity contribution < 1.29 is 13.2 Å². The molecule has 8 heteroatoms. The molecule has 0 bridgehead atoms. The van der Waals surface area contributed by atoms with E-state index in [2.05, 4.69) is 4.98 Å². The fourth-order valence-corrected chi connectivity index (χ4v) is 5.17. The minimum atomic E-state index is -3.05. The fraction of sp³-hybridized carbons (Fsp3) is 0.444. The lowest BCUT2D eigenvalue weighted by atomic mass is 10.2. The van der Waals surface area contributed by atoms with Gasteiger partial charge in [0.1, 0.15) is 5.65 Å². The maximum Gasteiger partial charge on any atom is 0.246 e. The lowest BCUT2D eigenvalue weighted by Gasteiger charge is -2.27. The summed E-state index contributed by atoms with van der Waals surface area (Å²) >= 11 is 6.19. The molecule has 0 unspecified atom stereocenters. The summed E-state index contributed by atoms with van der Waals surface area (Å²) in [6.45, 7) is 2.60. The van der Waals surface area contributed by atoms with Gasteiger partial charge in [-0.15, -0.1) is 0 Å². The van der Waals surface area contributed by atoms with Crippen molar-refractivity contribution in [2.24, 2.45) is 0 Å². The van der Waals surface area contributed by atoms with Gasteiger partial charge in [0.15, 0.2) is 15.0 Å². The van der Waals surface area contributed by atoms with E-state index < -0.39 is 9.84 Å². The molecule has 3 rings (SSSR count). The van der Waals surface area contributed by atoms with E-state index in [-0.39, 0.29) is 23.5 Å². The van der Waals surface area contributed by atoms with Crippen LogP contribution < -0.4 is 0 Å². The molecule has 0 saturated carbocycles. The van der Waals surface area contributed by atoms with E-state index >= 15 is 0 Å². The van der Waals surface area contributed by atoms with Crippen molar-refractivity contribution in [1.29, 1.82) is 0 Å². The highest BCUT2D eigenvalue weighted by molar-refractivity contribution is 7.91. The molecule has 1 aliphatic rings. The molecule has 1 fully saturated rings. The molecule has 0 aliphatic carbocycles. The van der Waals surface area contributed by atoms with E-state index in [4.69, 9.17) is 11.6 Å². The topological polar surface area (TPSA) is 71.8 Å². The van der Waals surface area contributed by atoms with Crippen LogP contribution in [0.2, 0.25) is 5.15 Å². The molecule has 6 nitrogen and oxygen atoms in total. The van der Waals surface area contributed by atoms with Crippen LogP contribution in [0.25, 0.3) is 11.7 Å². The monoisotopic (exact) mass is 395 g/mol. The van der Waals surface area contributed by atoms with Gasteiger partial charge in [-0.05, 0) is 31.1 Å². The quantitative estimate of drug-likeness (QED) is 0.705. The van der Waals surface area contributed by atoms with Gasteiger partial charge in [-0.3, -0.25) is 9.20 Å². The van der Waals surface area contributed by atoms with Gasteiger partial charge in [-0.25, -0.2) is 13.4 Å². The van der Waals surface area contributed by atoms with Gasteiger partial charge in [-0.1, -0.05) is 31.0 Å². The van der Waals surface area contributed by atoms with E-state index in [9.17, 15) is 13.2 Å². The highest BCUT2D eigenvalue weighted by atomic mass is 35.5. The summed E-state index contributed by atoms with van der Waals surface area (Å²) in [6.07, 6.45) is 7.22. The number of sulfone groups is 1. The van der Waals surface area contributed by atoms with Crippen LogP contribution in [-0.2, 0) is 14.6 Å². The Kier molecular flexibility index (Phi) is 5.67. The number of aromatic nitrogens is 2. The number of carbonyl (C=O) groups excluding carboxylic acids is 1. The summed E-state index contributed by atoms with van der Waals surface area (Å²) in [4.78, 5) is 18.7. The first-order chi connectivity index (χ1) is 12.4. The summed E-state index contributed by atoms with van der Waals surface area (Å²) in [7, 11) is -3.05. The lowest BCUT2D eigenvalue weighted by molar-refractivity contribution is -0.127. The molecular weight excluding hydrogens is 374 g/mol. The Morgan fingerprint density at radius 2 is 2.27 bits per heavy atom. The molecule has 1 saturated heterocycles. The van der Waals surface area contributed by atoms with Crippen molar-refractivity contribution in [1.82, 2.24) is 14.3 Å². The Morgan fingerprint density at radius 1 is 1.46 bits per heavy atom. The van der Waals surface area contributed by atoms with Crippen LogP contribution in [0.1, 0.15) is 31.9 Å². The molecule has 1 atom stereocenters. The van der Waals surface area contributed by atoms with Crippen LogP contribution in [0.15, 0.2) is 30.5 Å². The van der Waals surface area contributed by atoms with Crippen molar-refractivity contribution in [3.8, 4) is 0 Å². The van der Waals surface area contributed by atoms with E-state index in [1.165, 1.54) is 6.08 Å². The van der Waals surface area contributed by atoms with Crippen molar-refractivity contribution >= 4 is 39.1 Å². The first-order valence-electron chi connectivity index (χ1n) is 8.73. The summed E-state index contributed by atoms with van der Waals surface area (Å²) in [5.74, 6) is 0.00533. The van der Waals surface area contributed by atoms with Gasteiger partial charge in [0.05, 0.1) is 17.2 Å². The highest BCUT2D eigenvalue weighted by Crippen LogP contribution is 2.21. The summed E-state index contributed by atoms with van der Waals surface area (Å²) in [5.41, 5.74) is 1.33. The number of nitrogens with zero attached hydrogens (tertiary/aromatic N) is 3. The summed E-state index contributed by atoms with van der Waals surface area (Å²) in [5, 5.41) is 0.323. The van der Waals surface area contributed by atoms with Crippen molar-refractivity contribution in [3.63, 3.8) is 0 Å². The van der Waals surface area contributed by atoms with Crippen LogP contribution in [0, 0.1) is 0 Å². The van der Waals surface area contributed by atoms with Crippen LogP contribution >= 0.6 is 11.6 Å². The normalized spacial score (nSPS) is 19.4. The molecule has 26 heavy (non-hydrogen) atoms. The highest BCUT2D eigenvalue weighted by Gasteiger charge is 2.33. The largest absolute Gasteiger partial charge is 0.335 e. The number of amides is 1. The third-order valence-electron chi connectivity index (χ3n) is 4.59. The number of carbonyl (C=O) groups is 1. The molecule has 1 amide bonds. The van der Waals surface area contributed by atoms with Gasteiger partial charge in [-0.2, -0.15) is 0 Å². The van der Waals surface area contributed by atoms with E-state index in [1.54, 1.807) is 11.0 Å². The smallest absolute Gasteiger partial charge is 0.246 e. The maximum absolute atomic E-state index is 12.8. The van der Waals surface area contributed by atoms with Gasteiger partial charge < -0.3 is 4.90 Å². The zero-order valence-corrected chi connectivity index (χ0v) is 16.2. The van der Waals surface area contributed by atoms with Gasteiger partial charge in [0, 0.05) is 24.9 Å². The summed E-state index contributed by atoms with van der Waals surface area (Å²) in [6, 6.07) is 5.31. The maximum atomic E-state index is 12.8. The Bertz CT molecular complexity index is 936. The molecule has 2 aromatic heterocycles. The minimum Gasteiger partial charge on any atom is -0.335 e. The molecule has 140 valence electrons. The molecule has 0 aromatic carbocycles. The Hall–Kier alpha value is -1.86. The first-order valence-corrected chi connectivity index (χ1v) is 10.9. The zero-order chi connectivity index (χ0) is 18.7. The molecular formula is C18H22ClN3O3S. The predicted octanol–water partition coefficient (Wildman–Crippen LogP) is 2.82. The number of pyridine rings is 1. The van der Waals surface area contributed by atoms with Gasteiger partial charge >= 0.3 is 0 Å². The second-order valence-corrected chi connectivity index (χ2v) is 9.08. The standard InChI is InChI=1S/C18H22ClN3O3S/c1-2-3-10-21(14-9-12-26(24,25)13-14)17(23)8-7-15-18(19)20-16-6-4-5-11-22(15)16/h4-8,11,14H,2-3,9-10,12-13H2,1H3/b8-7+/t14-/m0/s1. The molecule has 1 aliphatic heterocycles. The van der Waals surface area contributed by atoms with E-state index in [1.807, 2.05) is 35.7 Å². The Labute approximate surface area is 158 Å². The van der Waals surface area contributed by atoms with E-state index in [0.717, 1.165) is 12.8 Å². The van der Waals surface area contributed by atoms with Crippen molar-refractivity contribution in [2.75, 3.05) is 18.1 Å². The number of unbranched alkanes of at least 4 members (excludes halogenated alkanes) is 1. The average Bonchev–Trinajstić information content (AvgIpc) is 3.12. The zero-order valence-electron chi connectivity index (χ0n) is 14.6. The third-order valence-corrected chi connectivity index (χ3v) is 6.62. The van der Waals surface area contributed by atoms with Crippen LogP contribution in [0.5, 0.6) is 0 Å². The number of hydrogen-bond acceptors (Lipinski definition) is 4. The number of halogens is 1. The average molecular weight is 396 g/mol. The third kappa shape index (κ3) is 4.10. The molecule has 0 radical (unpaired) electrons. The molecule has 2 aromatic rings. The van der Waals surface area contributed by atoms with Crippen molar-refractivity contribution in [2.45, 2.75) is 32.2 Å². The number of fused-ring (bicyclic) bond motifs is 1. The Balaban J connectivity index is 1.82. The van der Waals surface area contributed by atoms with Crippen molar-refractivity contribution in [3.05, 3.63) is 41.3 Å². The number of imidazole rings is 1. The van der Waals surface area contributed by atoms with E-state index in [0.29, 0.717) is 29.5 Å². The molecule has 0 spiro atoms. The number of rotatable bonds is 6. The molecule has 3 heterocycles. The van der Waals surface area contributed by atoms with Gasteiger partial charge in [0.25, 0.3) is 0 Å². The first kappa shape index (κ1) is 18.9. The Morgan fingerprint density at radius 3 is 2.96 bits per heavy atom. The SMILES string of the molecule is CCCCN(C(=O)/C=C/c1c(Cl)nc2ccccn12)[C@H]1CCS(=O)(=O)C1. The summed E-state index contributed by atoms with van der Waals surface area (Å²) < 4.78 is 25.4. The van der Waals surface area contributed by atoms with Crippen LogP contribution in [0.4, 0.5) is 0 Å². The van der Waals surface area contributed by atoms with Crippen LogP contribution in [0.3, 0.4) is 0 Å². The van der Waals surface area contributed by atoms with Gasteiger partial charge in [0.2, 0.25) is 5.91 Å². The lowest BCUT2D eigenvalue weighted by Crippen LogP contribution is -2.40. The van der Waals surface area contributed by atoms with Crippen LogP contribution in [-0.4, -0.2) is 52.7 Å². The second kappa shape index (κ2) is 7.80. The number of hydrogen-bond donors (Lipinski definition) is 0. The fourth-order valence-electron chi connectivity index (χ4n) is 3.20. The predicted molar refractivity (Wildman–Crippen MR) is 103 cm³/mol.